The Morgan fingerprint density at radius 2 is 2.33 bits per heavy atom. The van der Waals surface area contributed by atoms with Crippen molar-refractivity contribution in [2.24, 2.45) is 0 Å². The molecule has 15 heavy (non-hydrogen) atoms. The first-order valence-corrected chi connectivity index (χ1v) is 4.51. The van der Waals surface area contributed by atoms with E-state index in [1.165, 1.54) is 13.3 Å². The summed E-state index contributed by atoms with van der Waals surface area (Å²) >= 11 is 0. The molecule has 1 rings (SSSR count). The van der Waals surface area contributed by atoms with Crippen LogP contribution < -0.4 is 4.74 Å². The minimum absolute atomic E-state index is 0.0330. The molecular weight excluding hydrogens is 201 g/mol. The Morgan fingerprint density at radius 1 is 1.60 bits per heavy atom. The molecule has 0 amide bonds. The van der Waals surface area contributed by atoms with Crippen LogP contribution in [0.1, 0.15) is 12.6 Å². The van der Waals surface area contributed by atoms with Gasteiger partial charge < -0.3 is 9.47 Å². The fourth-order valence-corrected chi connectivity index (χ4v) is 1.06. The fourth-order valence-electron chi connectivity index (χ4n) is 1.06. The lowest BCUT2D eigenvalue weighted by atomic mass is 10.2. The fraction of sp³-hybridized carbons (Fsp3) is 0.400. The average Bonchev–Trinajstić information content (AvgIpc) is 2.18. The summed E-state index contributed by atoms with van der Waals surface area (Å²) < 4.78 is 22.6. The molecule has 0 saturated heterocycles. The van der Waals surface area contributed by atoms with Crippen molar-refractivity contribution in [3.63, 3.8) is 0 Å². The molecule has 1 heterocycles. The monoisotopic (exact) mass is 213 g/mol. The van der Waals surface area contributed by atoms with Gasteiger partial charge in [0.1, 0.15) is 0 Å². The van der Waals surface area contributed by atoms with Crippen molar-refractivity contribution in [3.8, 4) is 5.75 Å². The maximum Gasteiger partial charge on any atom is 0.311 e. The summed E-state index contributed by atoms with van der Waals surface area (Å²) in [5.41, 5.74) is 0.326. The maximum atomic E-state index is 13.2. The number of nitrogens with zero attached hydrogens (tertiary/aromatic N) is 1. The first-order valence-electron chi connectivity index (χ1n) is 4.51. The number of hydrogen-bond acceptors (Lipinski definition) is 4. The summed E-state index contributed by atoms with van der Waals surface area (Å²) in [6, 6.07) is 1.16. The molecule has 1 aromatic rings. The first-order chi connectivity index (χ1) is 7.17. The van der Waals surface area contributed by atoms with Crippen molar-refractivity contribution in [3.05, 3.63) is 23.8 Å². The molecule has 0 aliphatic rings. The Bertz CT molecular complexity index is 355. The van der Waals surface area contributed by atoms with Crippen molar-refractivity contribution in [2.75, 3.05) is 13.7 Å². The van der Waals surface area contributed by atoms with Gasteiger partial charge in [0, 0.05) is 0 Å². The summed E-state index contributed by atoms with van der Waals surface area (Å²) in [5, 5.41) is 0. The molecule has 0 unspecified atom stereocenters. The third-order valence-electron chi connectivity index (χ3n) is 1.73. The van der Waals surface area contributed by atoms with E-state index in [1.807, 2.05) is 0 Å². The summed E-state index contributed by atoms with van der Waals surface area (Å²) in [4.78, 5) is 14.9. The van der Waals surface area contributed by atoms with Crippen molar-refractivity contribution < 1.29 is 18.7 Å². The zero-order chi connectivity index (χ0) is 11.3. The molecule has 0 radical (unpaired) electrons. The standard InChI is InChI=1S/C10H12FNO3/c1-3-15-10(13)5-7-4-8(11)9(14-2)6-12-7/h4,6H,3,5H2,1-2H3. The number of pyridine rings is 1. The third-order valence-corrected chi connectivity index (χ3v) is 1.73. The van der Waals surface area contributed by atoms with Gasteiger partial charge in [-0.05, 0) is 13.0 Å². The molecule has 0 aliphatic carbocycles. The van der Waals surface area contributed by atoms with Gasteiger partial charge in [-0.25, -0.2) is 4.39 Å². The van der Waals surface area contributed by atoms with Gasteiger partial charge in [-0.2, -0.15) is 0 Å². The molecule has 0 fully saturated rings. The number of esters is 1. The van der Waals surface area contributed by atoms with Gasteiger partial charge in [0.2, 0.25) is 0 Å². The van der Waals surface area contributed by atoms with Crippen LogP contribution in [-0.2, 0) is 16.0 Å². The molecule has 0 spiro atoms. The van der Waals surface area contributed by atoms with Crippen LogP contribution in [0.25, 0.3) is 0 Å². The second-order valence-electron chi connectivity index (χ2n) is 2.79. The summed E-state index contributed by atoms with van der Waals surface area (Å²) in [5.74, 6) is -0.899. The van der Waals surface area contributed by atoms with E-state index < -0.39 is 11.8 Å². The van der Waals surface area contributed by atoms with Gasteiger partial charge in [-0.1, -0.05) is 0 Å². The molecule has 82 valence electrons. The Balaban J connectivity index is 2.71. The lowest BCUT2D eigenvalue weighted by molar-refractivity contribution is -0.142. The summed E-state index contributed by atoms with van der Waals surface area (Å²) in [6.07, 6.45) is 1.21. The van der Waals surface area contributed by atoms with Crippen LogP contribution in [0, 0.1) is 5.82 Å². The van der Waals surface area contributed by atoms with Gasteiger partial charge in [-0.3, -0.25) is 9.78 Å². The number of ether oxygens (including phenoxy) is 2. The van der Waals surface area contributed by atoms with Crippen molar-refractivity contribution in [2.45, 2.75) is 13.3 Å². The Morgan fingerprint density at radius 3 is 2.87 bits per heavy atom. The highest BCUT2D eigenvalue weighted by Gasteiger charge is 2.09. The van der Waals surface area contributed by atoms with Crippen LogP contribution >= 0.6 is 0 Å². The predicted molar refractivity (Wildman–Crippen MR) is 51.1 cm³/mol. The van der Waals surface area contributed by atoms with E-state index in [4.69, 9.17) is 9.47 Å². The van der Waals surface area contributed by atoms with Crippen molar-refractivity contribution in [1.29, 1.82) is 0 Å². The second kappa shape index (κ2) is 5.29. The predicted octanol–water partition coefficient (Wildman–Crippen LogP) is 1.33. The van der Waals surface area contributed by atoms with E-state index in [1.54, 1.807) is 6.92 Å². The quantitative estimate of drug-likeness (QED) is 0.708. The Hall–Kier alpha value is -1.65. The zero-order valence-electron chi connectivity index (χ0n) is 8.62. The molecular formula is C10H12FNO3. The molecule has 0 N–H and O–H groups in total. The second-order valence-corrected chi connectivity index (χ2v) is 2.79. The topological polar surface area (TPSA) is 48.4 Å². The molecule has 0 aliphatic heterocycles. The minimum Gasteiger partial charge on any atom is -0.492 e. The van der Waals surface area contributed by atoms with Gasteiger partial charge in [0.25, 0.3) is 0 Å². The average molecular weight is 213 g/mol. The molecule has 4 nitrogen and oxygen atoms in total. The van der Waals surface area contributed by atoms with E-state index >= 15 is 0 Å². The van der Waals surface area contributed by atoms with Gasteiger partial charge in [-0.15, -0.1) is 0 Å². The molecule has 0 atom stereocenters. The zero-order valence-corrected chi connectivity index (χ0v) is 8.62. The normalized spacial score (nSPS) is 9.80. The molecule has 5 heteroatoms. The van der Waals surface area contributed by atoms with Crippen molar-refractivity contribution >= 4 is 5.97 Å². The number of rotatable bonds is 4. The van der Waals surface area contributed by atoms with E-state index in [0.717, 1.165) is 6.07 Å². The highest BCUT2D eigenvalue weighted by Crippen LogP contribution is 2.15. The van der Waals surface area contributed by atoms with Crippen LogP contribution in [0.2, 0.25) is 0 Å². The van der Waals surface area contributed by atoms with Crippen LogP contribution in [-0.4, -0.2) is 24.7 Å². The van der Waals surface area contributed by atoms with Crippen LogP contribution in [0.5, 0.6) is 5.75 Å². The number of aromatic nitrogens is 1. The third kappa shape index (κ3) is 3.19. The van der Waals surface area contributed by atoms with E-state index in [2.05, 4.69) is 4.98 Å². The lowest BCUT2D eigenvalue weighted by Crippen LogP contribution is -2.09. The van der Waals surface area contributed by atoms with Gasteiger partial charge >= 0.3 is 5.97 Å². The Kier molecular flexibility index (Phi) is 4.03. The van der Waals surface area contributed by atoms with E-state index in [9.17, 15) is 9.18 Å². The minimum atomic E-state index is -0.535. The number of hydrogen-bond donors (Lipinski definition) is 0. The highest BCUT2D eigenvalue weighted by atomic mass is 19.1. The highest BCUT2D eigenvalue weighted by molar-refractivity contribution is 5.71. The SMILES string of the molecule is CCOC(=O)Cc1cc(F)c(OC)cn1. The molecule has 0 aromatic carbocycles. The van der Waals surface area contributed by atoms with Gasteiger partial charge in [0.15, 0.2) is 11.6 Å². The number of halogens is 1. The smallest absolute Gasteiger partial charge is 0.311 e. The first kappa shape index (κ1) is 11.4. The van der Waals surface area contributed by atoms with Crippen LogP contribution in [0.4, 0.5) is 4.39 Å². The van der Waals surface area contributed by atoms with Crippen LogP contribution in [0.15, 0.2) is 12.3 Å². The molecule has 0 bridgehead atoms. The van der Waals surface area contributed by atoms with Crippen molar-refractivity contribution in [1.82, 2.24) is 4.98 Å². The van der Waals surface area contributed by atoms with E-state index in [0.29, 0.717) is 12.3 Å². The van der Waals surface area contributed by atoms with E-state index in [-0.39, 0.29) is 12.2 Å². The number of carbonyl (C=O) groups excluding carboxylic acids is 1. The summed E-state index contributed by atoms with van der Waals surface area (Å²) in [6.45, 7) is 2.01. The summed E-state index contributed by atoms with van der Waals surface area (Å²) in [7, 11) is 1.35. The Labute approximate surface area is 87.0 Å². The van der Waals surface area contributed by atoms with Gasteiger partial charge in [0.05, 0.1) is 32.0 Å². The maximum absolute atomic E-state index is 13.2. The number of methoxy groups -OCH3 is 1. The number of carbonyl (C=O) groups is 1. The largest absolute Gasteiger partial charge is 0.492 e. The lowest BCUT2D eigenvalue weighted by Gasteiger charge is -2.04. The molecule has 0 saturated carbocycles. The van der Waals surface area contributed by atoms with Crippen LogP contribution in [0.3, 0.4) is 0 Å². The molecule has 1 aromatic heterocycles.